The number of Topliss-reactive ketones (excluding diaryl/α,β-unsaturated/α-hetero) is 1. The molecule has 0 spiro atoms. The maximum Gasteiger partial charge on any atom is 0.270 e. The van der Waals surface area contributed by atoms with Crippen LogP contribution in [0, 0.1) is 0 Å². The van der Waals surface area contributed by atoms with E-state index in [9.17, 15) is 9.59 Å². The van der Waals surface area contributed by atoms with Crippen LogP contribution in [0.25, 0.3) is 0 Å². The van der Waals surface area contributed by atoms with E-state index in [1.54, 1.807) is 12.3 Å². The lowest BCUT2D eigenvalue weighted by Crippen LogP contribution is -3.15. The molecule has 27 heavy (non-hydrogen) atoms. The molecule has 2 aliphatic rings. The number of amides is 1. The van der Waals surface area contributed by atoms with Crippen molar-refractivity contribution in [2.24, 2.45) is 0 Å². The zero-order valence-electron chi connectivity index (χ0n) is 15.6. The summed E-state index contributed by atoms with van der Waals surface area (Å²) in [5.74, 6) is 0.116. The fourth-order valence-corrected chi connectivity index (χ4v) is 4.00. The van der Waals surface area contributed by atoms with Crippen LogP contribution in [-0.4, -0.2) is 67.4 Å². The van der Waals surface area contributed by atoms with E-state index in [4.69, 9.17) is 0 Å². The predicted octanol–water partition coefficient (Wildman–Crippen LogP) is 0.839. The van der Waals surface area contributed by atoms with E-state index in [1.807, 2.05) is 11.0 Å². The lowest BCUT2D eigenvalue weighted by molar-refractivity contribution is -0.892. The summed E-state index contributed by atoms with van der Waals surface area (Å²) >= 11 is 0. The summed E-state index contributed by atoms with van der Waals surface area (Å²) < 4.78 is 0. The second kappa shape index (κ2) is 7.96. The van der Waals surface area contributed by atoms with E-state index in [0.717, 1.165) is 52.1 Å². The van der Waals surface area contributed by atoms with Gasteiger partial charge in [0, 0.05) is 30.5 Å². The third-order valence-corrected chi connectivity index (χ3v) is 5.63. The highest BCUT2D eigenvalue weighted by atomic mass is 16.2. The van der Waals surface area contributed by atoms with Crippen molar-refractivity contribution < 1.29 is 14.5 Å². The molecule has 0 atom stereocenters. The number of piperazine rings is 1. The Bertz CT molecular complexity index is 788. The van der Waals surface area contributed by atoms with Crippen LogP contribution in [0.1, 0.15) is 33.7 Å². The number of para-hydroxylation sites is 1. The number of anilines is 1. The molecule has 1 amide bonds. The Morgan fingerprint density at radius 3 is 2.41 bits per heavy atom. The van der Waals surface area contributed by atoms with Gasteiger partial charge in [0.2, 0.25) is 5.78 Å². The van der Waals surface area contributed by atoms with Crippen molar-refractivity contribution in [3.63, 3.8) is 0 Å². The van der Waals surface area contributed by atoms with E-state index in [2.05, 4.69) is 34.1 Å². The van der Waals surface area contributed by atoms with Crippen molar-refractivity contribution in [2.45, 2.75) is 12.8 Å². The Hall–Kier alpha value is -2.60. The molecule has 3 heterocycles. The zero-order chi connectivity index (χ0) is 18.6. The van der Waals surface area contributed by atoms with Gasteiger partial charge in [-0.15, -0.1) is 0 Å². The maximum absolute atomic E-state index is 12.6. The third kappa shape index (κ3) is 4.06. The molecule has 0 bridgehead atoms. The van der Waals surface area contributed by atoms with Crippen LogP contribution in [0.2, 0.25) is 0 Å². The van der Waals surface area contributed by atoms with Gasteiger partial charge in [0.05, 0.1) is 26.2 Å². The van der Waals surface area contributed by atoms with E-state index < -0.39 is 0 Å². The molecule has 0 aliphatic carbocycles. The van der Waals surface area contributed by atoms with Gasteiger partial charge < -0.3 is 19.7 Å². The number of nitrogens with zero attached hydrogens (tertiary/aromatic N) is 2. The Morgan fingerprint density at radius 2 is 1.70 bits per heavy atom. The molecule has 0 saturated carbocycles. The van der Waals surface area contributed by atoms with Gasteiger partial charge in [-0.1, -0.05) is 18.2 Å². The first-order valence-corrected chi connectivity index (χ1v) is 9.85. The third-order valence-electron chi connectivity index (χ3n) is 5.63. The standard InChI is InChI=1S/C21H26N4O2/c26-20(17-14-19(22-15-17)21(27)25-8-4-5-9-25)16-23-10-12-24(13-11-23)18-6-2-1-3-7-18/h1-3,6-7,14-15,22H,4-5,8-13,16H2/p+1. The van der Waals surface area contributed by atoms with Crippen molar-refractivity contribution in [3.8, 4) is 0 Å². The van der Waals surface area contributed by atoms with Crippen LogP contribution in [0.4, 0.5) is 5.69 Å². The summed E-state index contributed by atoms with van der Waals surface area (Å²) in [6.45, 7) is 5.93. The van der Waals surface area contributed by atoms with Crippen molar-refractivity contribution in [2.75, 3.05) is 50.7 Å². The Morgan fingerprint density at radius 1 is 1.00 bits per heavy atom. The number of hydrogen-bond donors (Lipinski definition) is 2. The first kappa shape index (κ1) is 17.8. The van der Waals surface area contributed by atoms with Crippen LogP contribution in [0.3, 0.4) is 0 Å². The predicted molar refractivity (Wildman–Crippen MR) is 104 cm³/mol. The smallest absolute Gasteiger partial charge is 0.270 e. The lowest BCUT2D eigenvalue weighted by Gasteiger charge is -2.33. The van der Waals surface area contributed by atoms with Crippen LogP contribution in [0.5, 0.6) is 0 Å². The minimum absolute atomic E-state index is 0.00960. The van der Waals surface area contributed by atoms with Crippen molar-refractivity contribution in [1.29, 1.82) is 0 Å². The number of rotatable bonds is 5. The number of nitrogens with one attached hydrogen (secondary N) is 2. The number of benzene rings is 1. The summed E-state index contributed by atoms with van der Waals surface area (Å²) in [6, 6.07) is 12.1. The number of likely N-dealkylation sites (tertiary alicyclic amines) is 1. The topological polar surface area (TPSA) is 60.9 Å². The highest BCUT2D eigenvalue weighted by Crippen LogP contribution is 2.14. The largest absolute Gasteiger partial charge is 0.360 e. The van der Waals surface area contributed by atoms with Crippen molar-refractivity contribution >= 4 is 17.4 Å². The molecule has 2 fully saturated rings. The van der Waals surface area contributed by atoms with E-state index in [0.29, 0.717) is 17.8 Å². The van der Waals surface area contributed by atoms with Crippen molar-refractivity contribution in [3.05, 3.63) is 53.9 Å². The molecule has 1 aromatic carbocycles. The highest BCUT2D eigenvalue weighted by molar-refractivity contribution is 6.00. The summed E-state index contributed by atoms with van der Waals surface area (Å²) in [5.41, 5.74) is 2.40. The quantitative estimate of drug-likeness (QED) is 0.770. The first-order chi connectivity index (χ1) is 13.2. The number of hydrogen-bond acceptors (Lipinski definition) is 3. The average molecular weight is 367 g/mol. The van der Waals surface area contributed by atoms with Crippen LogP contribution < -0.4 is 9.80 Å². The van der Waals surface area contributed by atoms with Gasteiger partial charge in [-0.2, -0.15) is 0 Å². The van der Waals surface area contributed by atoms with Crippen LogP contribution in [-0.2, 0) is 0 Å². The fraction of sp³-hybridized carbons (Fsp3) is 0.429. The average Bonchev–Trinajstić information content (AvgIpc) is 3.41. The fourth-order valence-electron chi connectivity index (χ4n) is 4.00. The number of H-pyrrole nitrogens is 1. The Balaban J connectivity index is 1.30. The minimum atomic E-state index is 0.00960. The second-order valence-electron chi connectivity index (χ2n) is 7.47. The maximum atomic E-state index is 12.6. The number of carbonyl (C=O) groups is 2. The van der Waals surface area contributed by atoms with Gasteiger partial charge in [-0.25, -0.2) is 0 Å². The Kier molecular flexibility index (Phi) is 5.25. The molecular weight excluding hydrogens is 340 g/mol. The molecule has 0 unspecified atom stereocenters. The molecule has 2 aliphatic heterocycles. The molecule has 0 radical (unpaired) electrons. The first-order valence-electron chi connectivity index (χ1n) is 9.85. The van der Waals surface area contributed by atoms with Gasteiger partial charge in [0.25, 0.3) is 5.91 Å². The molecule has 1 aromatic heterocycles. The van der Waals surface area contributed by atoms with Gasteiger partial charge in [-0.3, -0.25) is 9.59 Å². The van der Waals surface area contributed by atoms with Crippen molar-refractivity contribution in [1.82, 2.24) is 9.88 Å². The van der Waals surface area contributed by atoms with E-state index >= 15 is 0 Å². The zero-order valence-corrected chi connectivity index (χ0v) is 15.6. The molecular formula is C21H27N4O2+. The van der Waals surface area contributed by atoms with Gasteiger partial charge >= 0.3 is 0 Å². The molecule has 2 aromatic rings. The SMILES string of the molecule is O=C(C[NH+]1CCN(c2ccccc2)CC1)c1c[nH]c(C(=O)N2CCCC2)c1. The van der Waals surface area contributed by atoms with Gasteiger partial charge in [0.1, 0.15) is 12.2 Å². The molecule has 6 heteroatoms. The number of ketones is 1. The normalized spacial score (nSPS) is 18.1. The van der Waals surface area contributed by atoms with Crippen LogP contribution in [0.15, 0.2) is 42.6 Å². The van der Waals surface area contributed by atoms with Crippen LogP contribution >= 0.6 is 0 Å². The number of carbonyl (C=O) groups excluding carboxylic acids is 2. The minimum Gasteiger partial charge on any atom is -0.360 e. The van der Waals surface area contributed by atoms with Gasteiger partial charge in [0.15, 0.2) is 0 Å². The monoisotopic (exact) mass is 367 g/mol. The molecule has 2 N–H and O–H groups in total. The van der Waals surface area contributed by atoms with E-state index in [-0.39, 0.29) is 11.7 Å². The summed E-state index contributed by atoms with van der Waals surface area (Å²) in [7, 11) is 0. The molecule has 2 saturated heterocycles. The number of aromatic nitrogens is 1. The second-order valence-corrected chi connectivity index (χ2v) is 7.47. The molecule has 142 valence electrons. The van der Waals surface area contributed by atoms with Gasteiger partial charge in [-0.05, 0) is 31.0 Å². The summed E-state index contributed by atoms with van der Waals surface area (Å²) in [5, 5.41) is 0. The molecule has 4 rings (SSSR count). The number of aromatic amines is 1. The number of quaternary nitrogens is 1. The summed E-state index contributed by atoms with van der Waals surface area (Å²) in [6.07, 6.45) is 3.82. The Labute approximate surface area is 159 Å². The highest BCUT2D eigenvalue weighted by Gasteiger charge is 2.25. The summed E-state index contributed by atoms with van der Waals surface area (Å²) in [4.78, 5) is 33.6. The lowest BCUT2D eigenvalue weighted by atomic mass is 10.1. The molecule has 6 nitrogen and oxygen atoms in total. The van der Waals surface area contributed by atoms with E-state index in [1.165, 1.54) is 10.6 Å².